The predicted molar refractivity (Wildman–Crippen MR) is 52.7 cm³/mol. The number of para-hydroxylation sites is 2. The van der Waals surface area contributed by atoms with Gasteiger partial charge in [0.1, 0.15) is 12.3 Å². The Bertz CT molecular complexity index is 402. The van der Waals surface area contributed by atoms with E-state index in [1.807, 2.05) is 0 Å². The van der Waals surface area contributed by atoms with Crippen LogP contribution in [-0.2, 0) is 4.79 Å². The van der Waals surface area contributed by atoms with E-state index in [2.05, 4.69) is 0 Å². The fourth-order valence-electron chi connectivity index (χ4n) is 1.62. The van der Waals surface area contributed by atoms with Gasteiger partial charge in [0.25, 0.3) is 5.91 Å². The van der Waals surface area contributed by atoms with Gasteiger partial charge >= 0.3 is 5.97 Å². The number of aliphatic hydroxyl groups is 1. The summed E-state index contributed by atoms with van der Waals surface area (Å²) >= 11 is 0. The van der Waals surface area contributed by atoms with Crippen molar-refractivity contribution < 1.29 is 19.7 Å². The molecule has 2 N–H and O–H groups in total. The zero-order valence-electron chi connectivity index (χ0n) is 8.17. The molecule has 80 valence electrons. The summed E-state index contributed by atoms with van der Waals surface area (Å²) in [7, 11) is 0. The van der Waals surface area contributed by atoms with Crippen molar-refractivity contribution in [3.8, 4) is 5.75 Å². The van der Waals surface area contributed by atoms with Crippen LogP contribution in [0, 0.1) is 0 Å². The molecule has 0 aliphatic carbocycles. The van der Waals surface area contributed by atoms with E-state index in [9.17, 15) is 9.90 Å². The zero-order valence-corrected chi connectivity index (χ0v) is 8.17. The lowest BCUT2D eigenvalue weighted by Crippen LogP contribution is -2.49. The molecule has 1 atom stereocenters. The Balaban J connectivity index is 2.38. The van der Waals surface area contributed by atoms with Crippen molar-refractivity contribution in [2.24, 2.45) is 0 Å². The van der Waals surface area contributed by atoms with Crippen LogP contribution < -0.4 is 9.64 Å². The van der Waals surface area contributed by atoms with Gasteiger partial charge in [-0.1, -0.05) is 12.1 Å². The fourth-order valence-corrected chi connectivity index (χ4v) is 1.62. The van der Waals surface area contributed by atoms with E-state index in [0.29, 0.717) is 11.4 Å². The topological polar surface area (TPSA) is 70.0 Å². The Hall–Kier alpha value is -1.75. The van der Waals surface area contributed by atoms with Crippen LogP contribution in [0.1, 0.15) is 6.92 Å². The van der Waals surface area contributed by atoms with E-state index in [1.165, 1.54) is 11.8 Å². The number of carbonyl (C=O) groups is 1. The number of benzene rings is 1. The number of aliphatic carboxylic acids is 1. The molecule has 1 aliphatic heterocycles. The Kier molecular flexibility index (Phi) is 2.04. The SMILES string of the molecule is C[C@@]1(O)Oc2ccccc2N1CC(=O)O. The van der Waals surface area contributed by atoms with Crippen LogP contribution in [0.15, 0.2) is 24.3 Å². The third-order valence-electron chi connectivity index (χ3n) is 2.25. The van der Waals surface area contributed by atoms with Crippen molar-refractivity contribution in [2.75, 3.05) is 11.4 Å². The first-order chi connectivity index (χ1) is 7.00. The van der Waals surface area contributed by atoms with E-state index in [-0.39, 0.29) is 6.54 Å². The van der Waals surface area contributed by atoms with E-state index >= 15 is 0 Å². The summed E-state index contributed by atoms with van der Waals surface area (Å²) in [6, 6.07) is 6.92. The Morgan fingerprint density at radius 1 is 1.53 bits per heavy atom. The lowest BCUT2D eigenvalue weighted by Gasteiger charge is -2.28. The average Bonchev–Trinajstić information content (AvgIpc) is 2.37. The van der Waals surface area contributed by atoms with Crippen molar-refractivity contribution in [3.63, 3.8) is 0 Å². The van der Waals surface area contributed by atoms with Gasteiger partial charge in [0.2, 0.25) is 0 Å². The van der Waals surface area contributed by atoms with Gasteiger partial charge < -0.3 is 14.9 Å². The molecule has 1 aliphatic rings. The Morgan fingerprint density at radius 3 is 2.87 bits per heavy atom. The largest absolute Gasteiger partial charge is 0.480 e. The van der Waals surface area contributed by atoms with Crippen molar-refractivity contribution in [1.82, 2.24) is 0 Å². The smallest absolute Gasteiger partial charge is 0.323 e. The van der Waals surface area contributed by atoms with Gasteiger partial charge in [0.15, 0.2) is 0 Å². The first-order valence-corrected chi connectivity index (χ1v) is 4.50. The summed E-state index contributed by atoms with van der Waals surface area (Å²) in [5.41, 5.74) is 0.588. The van der Waals surface area contributed by atoms with Gasteiger partial charge in [-0.3, -0.25) is 9.69 Å². The number of fused-ring (bicyclic) bond motifs is 1. The maximum Gasteiger partial charge on any atom is 0.323 e. The van der Waals surface area contributed by atoms with E-state index in [0.717, 1.165) is 0 Å². The highest BCUT2D eigenvalue weighted by atomic mass is 16.7. The fraction of sp³-hybridized carbons (Fsp3) is 0.300. The van der Waals surface area contributed by atoms with Crippen LogP contribution >= 0.6 is 0 Å². The Morgan fingerprint density at radius 2 is 2.20 bits per heavy atom. The van der Waals surface area contributed by atoms with Crippen LogP contribution in [0.3, 0.4) is 0 Å². The molecule has 15 heavy (non-hydrogen) atoms. The highest BCUT2D eigenvalue weighted by molar-refractivity contribution is 5.76. The average molecular weight is 209 g/mol. The lowest BCUT2D eigenvalue weighted by atomic mass is 10.2. The second-order valence-electron chi connectivity index (χ2n) is 3.48. The molecule has 0 amide bonds. The summed E-state index contributed by atoms with van der Waals surface area (Å²) in [5, 5.41) is 18.6. The van der Waals surface area contributed by atoms with Crippen molar-refractivity contribution in [3.05, 3.63) is 24.3 Å². The number of ether oxygens (including phenoxy) is 1. The molecule has 5 nitrogen and oxygen atoms in total. The van der Waals surface area contributed by atoms with Crippen LogP contribution in [0.25, 0.3) is 0 Å². The summed E-state index contributed by atoms with van der Waals surface area (Å²) < 4.78 is 5.23. The van der Waals surface area contributed by atoms with Gasteiger partial charge in [-0.25, -0.2) is 0 Å². The number of carboxylic acid groups (broad SMARTS) is 1. The van der Waals surface area contributed by atoms with Crippen LogP contribution in [-0.4, -0.2) is 28.6 Å². The van der Waals surface area contributed by atoms with Gasteiger partial charge in [0.05, 0.1) is 5.69 Å². The third kappa shape index (κ3) is 1.61. The van der Waals surface area contributed by atoms with Crippen molar-refractivity contribution in [1.29, 1.82) is 0 Å². The lowest BCUT2D eigenvalue weighted by molar-refractivity contribution is -0.141. The van der Waals surface area contributed by atoms with Crippen molar-refractivity contribution >= 4 is 11.7 Å². The van der Waals surface area contributed by atoms with E-state index < -0.39 is 11.9 Å². The summed E-state index contributed by atoms with van der Waals surface area (Å²) in [6.45, 7) is 1.11. The number of rotatable bonds is 2. The first-order valence-electron chi connectivity index (χ1n) is 4.50. The number of hydrogen-bond donors (Lipinski definition) is 2. The van der Waals surface area contributed by atoms with Gasteiger partial charge in [0, 0.05) is 6.92 Å². The summed E-state index contributed by atoms with van der Waals surface area (Å²) in [4.78, 5) is 11.9. The quantitative estimate of drug-likeness (QED) is 0.747. The predicted octanol–water partition coefficient (Wildman–Crippen LogP) is 0.636. The maximum absolute atomic E-state index is 10.6. The second kappa shape index (κ2) is 3.13. The van der Waals surface area contributed by atoms with Crippen LogP contribution in [0.4, 0.5) is 5.69 Å². The minimum absolute atomic E-state index is 0.302. The molecular formula is C10H11NO4. The van der Waals surface area contributed by atoms with Crippen molar-refractivity contribution in [2.45, 2.75) is 12.8 Å². The number of anilines is 1. The summed E-state index contributed by atoms with van der Waals surface area (Å²) in [5.74, 6) is -2.12. The molecule has 0 saturated heterocycles. The molecule has 0 saturated carbocycles. The molecule has 1 heterocycles. The second-order valence-corrected chi connectivity index (χ2v) is 3.48. The molecule has 0 fully saturated rings. The molecule has 1 aromatic carbocycles. The van der Waals surface area contributed by atoms with E-state index in [4.69, 9.17) is 9.84 Å². The maximum atomic E-state index is 10.6. The first kappa shape index (κ1) is 9.79. The molecule has 0 spiro atoms. The van der Waals surface area contributed by atoms with E-state index in [1.54, 1.807) is 24.3 Å². The minimum Gasteiger partial charge on any atom is -0.480 e. The molecule has 5 heteroatoms. The Labute approximate surface area is 86.5 Å². The third-order valence-corrected chi connectivity index (χ3v) is 2.25. The summed E-state index contributed by atoms with van der Waals surface area (Å²) in [6.07, 6.45) is 0. The van der Waals surface area contributed by atoms with Gasteiger partial charge in [-0.15, -0.1) is 0 Å². The van der Waals surface area contributed by atoms with Crippen LogP contribution in [0.5, 0.6) is 5.75 Å². The monoisotopic (exact) mass is 209 g/mol. The zero-order chi connectivity index (χ0) is 11.1. The van der Waals surface area contributed by atoms with Gasteiger partial charge in [-0.05, 0) is 12.1 Å². The minimum atomic E-state index is -1.60. The number of carboxylic acids is 1. The molecule has 0 aromatic heterocycles. The highest BCUT2D eigenvalue weighted by Crippen LogP contribution is 2.40. The standard InChI is InChI=1S/C10H11NO4/c1-10(14)11(6-9(12)13)7-4-2-3-5-8(7)15-10/h2-5,14H,6H2,1H3,(H,12,13)/t10-/m1/s1. The number of nitrogens with zero attached hydrogens (tertiary/aromatic N) is 1. The van der Waals surface area contributed by atoms with Crippen LogP contribution in [0.2, 0.25) is 0 Å². The normalized spacial score (nSPS) is 23.5. The highest BCUT2D eigenvalue weighted by Gasteiger charge is 2.41. The molecular weight excluding hydrogens is 198 g/mol. The number of hydrogen-bond acceptors (Lipinski definition) is 4. The molecule has 1 aromatic rings. The molecule has 0 unspecified atom stereocenters. The molecule has 2 rings (SSSR count). The molecule has 0 bridgehead atoms. The van der Waals surface area contributed by atoms with Gasteiger partial charge in [-0.2, -0.15) is 0 Å². The molecule has 0 radical (unpaired) electrons.